The Bertz CT molecular complexity index is 729. The van der Waals surface area contributed by atoms with Crippen LogP contribution in [-0.4, -0.2) is 48.7 Å². The van der Waals surface area contributed by atoms with Gasteiger partial charge in [0.1, 0.15) is 6.61 Å². The van der Waals surface area contributed by atoms with Crippen molar-refractivity contribution in [1.29, 1.82) is 0 Å². The largest absolute Gasteiger partial charge is 0.460 e. The number of hydrogen-bond acceptors (Lipinski definition) is 6. The third-order valence-electron chi connectivity index (χ3n) is 4.08. The van der Waals surface area contributed by atoms with Gasteiger partial charge in [-0.15, -0.1) is 0 Å². The Balaban J connectivity index is 2.30. The molecule has 1 aliphatic rings. The zero-order valence-corrected chi connectivity index (χ0v) is 14.9. The van der Waals surface area contributed by atoms with Crippen molar-refractivity contribution in [2.45, 2.75) is 19.9 Å². The molecule has 2 amide bonds. The Labute approximate surface area is 150 Å². The maximum absolute atomic E-state index is 12.6. The molecule has 1 aromatic carbocycles. The van der Waals surface area contributed by atoms with Crippen LogP contribution in [0, 0.1) is 10.1 Å². The molecular formula is C17H21N3O6. The van der Waals surface area contributed by atoms with E-state index in [0.29, 0.717) is 17.9 Å². The van der Waals surface area contributed by atoms with E-state index in [1.807, 2.05) is 6.92 Å². The first kappa shape index (κ1) is 19.4. The average Bonchev–Trinajstić information content (AvgIpc) is 2.63. The summed E-state index contributed by atoms with van der Waals surface area (Å²) < 4.78 is 10.4. The number of nitro benzene ring substituents is 1. The SMILES string of the molecule is CCOCCOC(=O)C1=C(C)N(C)C(=O)N[C@@H]1c1ccc([N+](=O)[O-])cc1. The second kappa shape index (κ2) is 8.43. The molecular weight excluding hydrogens is 342 g/mol. The Hall–Kier alpha value is -2.94. The molecule has 0 aromatic heterocycles. The molecule has 0 fully saturated rings. The number of carbonyl (C=O) groups excluding carboxylic acids is 2. The first-order valence-electron chi connectivity index (χ1n) is 8.11. The highest BCUT2D eigenvalue weighted by atomic mass is 16.6. The summed E-state index contributed by atoms with van der Waals surface area (Å²) in [6.07, 6.45) is 0. The van der Waals surface area contributed by atoms with Crippen LogP contribution in [0.3, 0.4) is 0 Å². The lowest BCUT2D eigenvalue weighted by molar-refractivity contribution is -0.384. The molecule has 26 heavy (non-hydrogen) atoms. The lowest BCUT2D eigenvalue weighted by atomic mass is 9.95. The summed E-state index contributed by atoms with van der Waals surface area (Å²) in [6, 6.07) is 4.54. The van der Waals surface area contributed by atoms with E-state index in [-0.39, 0.29) is 30.5 Å². The smallest absolute Gasteiger partial charge is 0.338 e. The van der Waals surface area contributed by atoms with Crippen molar-refractivity contribution >= 4 is 17.7 Å². The maximum atomic E-state index is 12.6. The van der Waals surface area contributed by atoms with E-state index in [1.54, 1.807) is 14.0 Å². The summed E-state index contributed by atoms with van der Waals surface area (Å²) in [7, 11) is 1.55. The second-order valence-electron chi connectivity index (χ2n) is 5.62. The van der Waals surface area contributed by atoms with Gasteiger partial charge in [0.05, 0.1) is 23.1 Å². The molecule has 140 valence electrons. The second-order valence-corrected chi connectivity index (χ2v) is 5.62. The number of ether oxygens (including phenoxy) is 2. The van der Waals surface area contributed by atoms with Gasteiger partial charge < -0.3 is 19.7 Å². The van der Waals surface area contributed by atoms with Crippen LogP contribution >= 0.6 is 0 Å². The van der Waals surface area contributed by atoms with E-state index in [0.717, 1.165) is 0 Å². The van der Waals surface area contributed by atoms with Crippen LogP contribution in [0.4, 0.5) is 10.5 Å². The highest BCUT2D eigenvalue weighted by Gasteiger charge is 2.35. The topological polar surface area (TPSA) is 111 Å². The number of amides is 2. The lowest BCUT2D eigenvalue weighted by Crippen LogP contribution is -2.46. The van der Waals surface area contributed by atoms with Gasteiger partial charge in [0.2, 0.25) is 0 Å². The fourth-order valence-corrected chi connectivity index (χ4v) is 2.55. The maximum Gasteiger partial charge on any atom is 0.338 e. The zero-order valence-electron chi connectivity index (χ0n) is 14.9. The van der Waals surface area contributed by atoms with E-state index in [4.69, 9.17) is 9.47 Å². The molecule has 1 N–H and O–H groups in total. The Morgan fingerprint density at radius 2 is 1.96 bits per heavy atom. The van der Waals surface area contributed by atoms with Crippen LogP contribution < -0.4 is 5.32 Å². The van der Waals surface area contributed by atoms with Crippen molar-refractivity contribution < 1.29 is 24.0 Å². The number of urea groups is 1. The van der Waals surface area contributed by atoms with Gasteiger partial charge in [-0.3, -0.25) is 10.1 Å². The van der Waals surface area contributed by atoms with Crippen molar-refractivity contribution in [2.24, 2.45) is 0 Å². The van der Waals surface area contributed by atoms with Crippen molar-refractivity contribution in [3.8, 4) is 0 Å². The number of allylic oxidation sites excluding steroid dienone is 1. The minimum atomic E-state index is -0.751. The normalized spacial score (nSPS) is 17.1. The fraction of sp³-hybridized carbons (Fsp3) is 0.412. The molecule has 1 aromatic rings. The van der Waals surface area contributed by atoms with Gasteiger partial charge in [0.15, 0.2) is 0 Å². The molecule has 0 spiro atoms. The van der Waals surface area contributed by atoms with E-state index in [2.05, 4.69) is 5.32 Å². The number of hydrogen-bond donors (Lipinski definition) is 1. The number of nitrogens with one attached hydrogen (secondary N) is 1. The van der Waals surface area contributed by atoms with Crippen molar-refractivity contribution in [2.75, 3.05) is 26.9 Å². The summed E-state index contributed by atoms with van der Waals surface area (Å²) in [5.74, 6) is -0.572. The quantitative estimate of drug-likeness (QED) is 0.344. The number of esters is 1. The molecule has 1 heterocycles. The first-order valence-corrected chi connectivity index (χ1v) is 8.11. The number of non-ortho nitro benzene ring substituents is 1. The van der Waals surface area contributed by atoms with Gasteiger partial charge in [-0.25, -0.2) is 9.59 Å². The van der Waals surface area contributed by atoms with Crippen molar-refractivity contribution in [3.05, 3.63) is 51.2 Å². The average molecular weight is 363 g/mol. The van der Waals surface area contributed by atoms with Gasteiger partial charge in [-0.1, -0.05) is 0 Å². The molecule has 1 aliphatic heterocycles. The summed E-state index contributed by atoms with van der Waals surface area (Å²) in [5, 5.41) is 13.5. The first-order chi connectivity index (χ1) is 12.4. The molecule has 0 bridgehead atoms. The predicted molar refractivity (Wildman–Crippen MR) is 92.3 cm³/mol. The highest BCUT2D eigenvalue weighted by Crippen LogP contribution is 2.31. The third kappa shape index (κ3) is 4.17. The fourth-order valence-electron chi connectivity index (χ4n) is 2.55. The van der Waals surface area contributed by atoms with Crippen LogP contribution in [0.1, 0.15) is 25.5 Å². The number of carbonyl (C=O) groups is 2. The van der Waals surface area contributed by atoms with Gasteiger partial charge in [0, 0.05) is 31.5 Å². The molecule has 0 unspecified atom stereocenters. The lowest BCUT2D eigenvalue weighted by Gasteiger charge is -2.33. The van der Waals surface area contributed by atoms with Crippen LogP contribution in [0.15, 0.2) is 35.5 Å². The molecule has 0 radical (unpaired) electrons. The summed E-state index contributed by atoms with van der Waals surface area (Å²) in [5.41, 5.74) is 1.21. The van der Waals surface area contributed by atoms with Gasteiger partial charge in [-0.2, -0.15) is 0 Å². The monoisotopic (exact) mass is 363 g/mol. The number of rotatable bonds is 7. The number of benzene rings is 1. The molecule has 2 rings (SSSR count). The van der Waals surface area contributed by atoms with E-state index in [1.165, 1.54) is 29.2 Å². The summed E-state index contributed by atoms with van der Waals surface area (Å²) in [6.45, 7) is 4.37. The molecule has 1 atom stereocenters. The molecule has 0 saturated carbocycles. The standard InChI is InChI=1S/C17H21N3O6/c1-4-25-9-10-26-16(21)14-11(2)19(3)17(22)18-15(14)12-5-7-13(8-6-12)20(23)24/h5-8,15H,4,9-10H2,1-3H3,(H,18,22)/t15-/m1/s1. The van der Waals surface area contributed by atoms with Gasteiger partial charge in [0.25, 0.3) is 5.69 Å². The van der Waals surface area contributed by atoms with Gasteiger partial charge >= 0.3 is 12.0 Å². The van der Waals surface area contributed by atoms with E-state index >= 15 is 0 Å². The van der Waals surface area contributed by atoms with E-state index < -0.39 is 16.9 Å². The van der Waals surface area contributed by atoms with Crippen LogP contribution in [0.2, 0.25) is 0 Å². The molecule has 9 nitrogen and oxygen atoms in total. The Morgan fingerprint density at radius 1 is 1.31 bits per heavy atom. The van der Waals surface area contributed by atoms with Crippen LogP contribution in [0.25, 0.3) is 0 Å². The minimum absolute atomic E-state index is 0.0745. The minimum Gasteiger partial charge on any atom is -0.460 e. The van der Waals surface area contributed by atoms with Crippen LogP contribution in [-0.2, 0) is 14.3 Å². The Kier molecular flexibility index (Phi) is 6.29. The predicted octanol–water partition coefficient (Wildman–Crippen LogP) is 2.14. The third-order valence-corrected chi connectivity index (χ3v) is 4.08. The summed E-state index contributed by atoms with van der Waals surface area (Å²) in [4.78, 5) is 36.3. The zero-order chi connectivity index (χ0) is 19.3. The van der Waals surface area contributed by atoms with Crippen molar-refractivity contribution in [1.82, 2.24) is 10.2 Å². The molecule has 9 heteroatoms. The van der Waals surface area contributed by atoms with Crippen molar-refractivity contribution in [3.63, 3.8) is 0 Å². The Morgan fingerprint density at radius 3 is 2.54 bits per heavy atom. The van der Waals surface area contributed by atoms with E-state index in [9.17, 15) is 19.7 Å². The molecule has 0 saturated heterocycles. The van der Waals surface area contributed by atoms with Crippen LogP contribution in [0.5, 0.6) is 0 Å². The van der Waals surface area contributed by atoms with Gasteiger partial charge in [-0.05, 0) is 31.5 Å². The summed E-state index contributed by atoms with van der Waals surface area (Å²) >= 11 is 0. The molecule has 0 aliphatic carbocycles. The number of nitrogens with zero attached hydrogens (tertiary/aromatic N) is 2. The number of nitro groups is 1. The highest BCUT2D eigenvalue weighted by molar-refractivity contribution is 5.95.